The van der Waals surface area contributed by atoms with Crippen LogP contribution >= 0.6 is 35.2 Å². The zero-order valence-corrected chi connectivity index (χ0v) is 32.5. The Morgan fingerprint density at radius 1 is 1.09 bits per heavy atom. The van der Waals surface area contributed by atoms with Crippen molar-refractivity contribution in [2.75, 3.05) is 37.8 Å². The number of ether oxygens (including phenoxy) is 1. The van der Waals surface area contributed by atoms with E-state index in [9.17, 15) is 62.7 Å². The summed E-state index contributed by atoms with van der Waals surface area (Å²) in [6.07, 6.45) is -6.34. The quantitative estimate of drug-likeness (QED) is 0.0291. The molecule has 0 bridgehead atoms. The molecule has 10 N–H and O–H groups in total. The summed E-state index contributed by atoms with van der Waals surface area (Å²) >= 11 is 0.845. The van der Waals surface area contributed by atoms with Gasteiger partial charge in [-0.3, -0.25) is 37.3 Å². The summed E-state index contributed by atoms with van der Waals surface area (Å²) in [6, 6.07) is 0. The Kier molecular flexibility index (Phi) is 16.4. The monoisotopic (exact) mass is 863 g/mol. The number of anilines is 1. The average Bonchev–Trinajstić information content (AvgIpc) is 3.64. The molecule has 7 atom stereocenters. The summed E-state index contributed by atoms with van der Waals surface area (Å²) in [7, 11) is -16.4. The number of phosphoric ester groups is 3. The van der Waals surface area contributed by atoms with Crippen molar-refractivity contribution >= 4 is 74.9 Å². The highest BCUT2D eigenvalue weighted by molar-refractivity contribution is 8.13. The lowest BCUT2D eigenvalue weighted by molar-refractivity contribution is -0.137. The smallest absolute Gasteiger partial charge is 0.386 e. The van der Waals surface area contributed by atoms with E-state index in [0.29, 0.717) is 0 Å². The Balaban J connectivity index is 1.50. The second-order valence-electron chi connectivity index (χ2n) is 12.1. The van der Waals surface area contributed by atoms with Crippen LogP contribution in [0.2, 0.25) is 0 Å². The first kappa shape index (κ1) is 46.4. The Morgan fingerprint density at radius 3 is 2.42 bits per heavy atom. The van der Waals surface area contributed by atoms with E-state index in [1.54, 1.807) is 0 Å². The summed E-state index contributed by atoms with van der Waals surface area (Å²) < 4.78 is 61.9. The maximum Gasteiger partial charge on any atom is 0.481 e. The number of fused-ring (bicyclic) bond motifs is 1. The Morgan fingerprint density at radius 2 is 1.76 bits per heavy atom. The highest BCUT2D eigenvalue weighted by Gasteiger charge is 2.50. The first-order chi connectivity index (χ1) is 25.4. The summed E-state index contributed by atoms with van der Waals surface area (Å²) in [5, 5.41) is 25.8. The zero-order chi connectivity index (χ0) is 41.4. The maximum atomic E-state index is 12.6. The minimum absolute atomic E-state index is 0.0223. The topological polar surface area (TPSA) is 381 Å². The number of nitrogens with two attached hydrogens (primary N) is 1. The molecule has 1 fully saturated rings. The lowest BCUT2D eigenvalue weighted by atomic mass is 9.87. The lowest BCUT2D eigenvalue weighted by Crippen LogP contribution is -2.46. The van der Waals surface area contributed by atoms with Crippen molar-refractivity contribution < 1.29 is 85.3 Å². The van der Waals surface area contributed by atoms with Crippen molar-refractivity contribution in [1.82, 2.24) is 30.2 Å². The van der Waals surface area contributed by atoms with Crippen LogP contribution in [0.25, 0.3) is 11.2 Å². The fourth-order valence-corrected chi connectivity index (χ4v) is 8.07. The number of allylic oxidation sites excluding steroid dienone is 1. The van der Waals surface area contributed by atoms with Gasteiger partial charge in [0.25, 0.3) is 0 Å². The molecule has 1 saturated heterocycles. The third-order valence-electron chi connectivity index (χ3n) is 7.31. The molecule has 0 aliphatic carbocycles. The fourth-order valence-electron chi connectivity index (χ4n) is 4.56. The molecule has 1 aliphatic rings. The Labute approximate surface area is 315 Å². The number of hydrogen-bond donors (Lipinski definition) is 9. The van der Waals surface area contributed by atoms with Gasteiger partial charge in [0, 0.05) is 30.7 Å². The number of rotatable bonds is 22. The van der Waals surface area contributed by atoms with Crippen LogP contribution in [0.1, 0.15) is 32.9 Å². The van der Waals surface area contributed by atoms with E-state index in [0.717, 1.165) is 35.1 Å². The number of aromatic nitrogens is 4. The number of amides is 2. The first-order valence-corrected chi connectivity index (χ1v) is 21.2. The molecule has 3 unspecified atom stereocenters. The number of thioether (sulfide) groups is 1. The Hall–Kier alpha value is -3.03. The van der Waals surface area contributed by atoms with Crippen LogP contribution in [0.5, 0.6) is 0 Å². The molecular formula is C26H40N7O18P3S. The molecule has 1 aliphatic heterocycles. The molecule has 2 aromatic heterocycles. The van der Waals surface area contributed by atoms with Crippen molar-refractivity contribution in [3.8, 4) is 0 Å². The minimum Gasteiger partial charge on any atom is -0.386 e. The standard InChI is InChI=1S/C26H40N7O18P3S/c1-4-14(34)9-17(36)55-8-7-28-16(35)5-6-29-24(39)21(38)26(2,3)11-48-54(45,46)51-53(43,44)47-10-15-20(50-52(40,41)42)19(37)25(49-15)33-13-32-18-22(27)30-12-31-23(18)33/h4,12-13,15,19-21,25,37-38H,1,5-11H2,2-3H3,(H,28,35)(H,29,39)(H,43,44)(H,45,46)(H2,27,30,31)(H2,40,41,42)/t15-,19-,20-,21?,25-/m1/s1. The number of nitrogens with zero attached hydrogens (tertiary/aromatic N) is 4. The van der Waals surface area contributed by atoms with Gasteiger partial charge in [-0.15, -0.1) is 0 Å². The third kappa shape index (κ3) is 14.1. The van der Waals surface area contributed by atoms with Gasteiger partial charge in [-0.1, -0.05) is 32.2 Å². The number of nitrogen functional groups attached to an aromatic ring is 1. The number of carbonyl (C=O) groups excluding carboxylic acids is 4. The summed E-state index contributed by atoms with van der Waals surface area (Å²) in [6.45, 7) is 3.52. The maximum absolute atomic E-state index is 12.6. The third-order valence-corrected chi connectivity index (χ3v) is 11.3. The SMILES string of the molecule is C=CC(=O)CC(=O)SCCNC(=O)CCNC(=O)C(O)C(C)(C)COP(=O)(O)OP(=O)(O)OC[C@H]1O[C@@H](n2cnc3c(N)ncnc32)[C@H](O)[C@@H]1OP(=O)(O)O. The van der Waals surface area contributed by atoms with E-state index in [1.807, 2.05) is 0 Å². The molecule has 25 nitrogen and oxygen atoms in total. The van der Waals surface area contributed by atoms with Gasteiger partial charge < -0.3 is 50.9 Å². The lowest BCUT2D eigenvalue weighted by Gasteiger charge is -2.30. The number of nitrogens with one attached hydrogen (secondary N) is 2. The van der Waals surface area contributed by atoms with Crippen molar-refractivity contribution in [3.63, 3.8) is 0 Å². The van der Waals surface area contributed by atoms with Crippen molar-refractivity contribution in [3.05, 3.63) is 25.3 Å². The van der Waals surface area contributed by atoms with Crippen molar-refractivity contribution in [1.29, 1.82) is 0 Å². The molecule has 29 heteroatoms. The number of aliphatic hydroxyl groups is 2. The van der Waals surface area contributed by atoms with E-state index in [2.05, 4.69) is 41.0 Å². The summed E-state index contributed by atoms with van der Waals surface area (Å²) in [4.78, 5) is 98.1. The molecule has 2 amide bonds. The van der Waals surface area contributed by atoms with Gasteiger partial charge in [0.15, 0.2) is 28.6 Å². The van der Waals surface area contributed by atoms with Gasteiger partial charge in [-0.25, -0.2) is 28.6 Å². The van der Waals surface area contributed by atoms with E-state index in [4.69, 9.17) is 19.5 Å². The summed E-state index contributed by atoms with van der Waals surface area (Å²) in [5.74, 6) is -1.81. The number of imidazole rings is 1. The van der Waals surface area contributed by atoms with Gasteiger partial charge in [0.2, 0.25) is 11.8 Å². The van der Waals surface area contributed by atoms with Gasteiger partial charge in [-0.2, -0.15) is 4.31 Å². The molecule has 55 heavy (non-hydrogen) atoms. The Bertz CT molecular complexity index is 1880. The molecule has 0 aromatic carbocycles. The van der Waals surface area contributed by atoms with Crippen LogP contribution in [0, 0.1) is 5.41 Å². The molecule has 3 rings (SSSR count). The van der Waals surface area contributed by atoms with Gasteiger partial charge in [-0.05, 0) is 6.08 Å². The number of carbonyl (C=O) groups is 4. The fraction of sp³-hybridized carbons (Fsp3) is 0.577. The highest BCUT2D eigenvalue weighted by atomic mass is 32.2. The van der Waals surface area contributed by atoms with Crippen LogP contribution in [-0.2, 0) is 55.5 Å². The van der Waals surface area contributed by atoms with Gasteiger partial charge in [0.1, 0.15) is 36.3 Å². The molecule has 2 aromatic rings. The number of ketones is 1. The second-order valence-corrected chi connectivity index (χ2v) is 17.5. The van der Waals surface area contributed by atoms with Gasteiger partial charge >= 0.3 is 23.5 Å². The van der Waals surface area contributed by atoms with E-state index < -0.39 is 95.5 Å². The van der Waals surface area contributed by atoms with Crippen molar-refractivity contribution in [2.45, 2.75) is 57.3 Å². The van der Waals surface area contributed by atoms with E-state index in [-0.39, 0.29) is 48.7 Å². The van der Waals surface area contributed by atoms with Crippen molar-refractivity contribution in [2.24, 2.45) is 5.41 Å². The average molecular weight is 864 g/mol. The largest absolute Gasteiger partial charge is 0.481 e. The van der Waals surface area contributed by atoms with Crippen LogP contribution in [-0.4, -0.2) is 128 Å². The molecule has 308 valence electrons. The minimum atomic E-state index is -5.58. The number of phosphoric acid groups is 3. The molecular weight excluding hydrogens is 823 g/mol. The normalized spacial score (nSPS) is 21.7. The molecule has 0 radical (unpaired) electrons. The molecule has 0 spiro atoms. The van der Waals surface area contributed by atoms with Crippen LogP contribution in [0.4, 0.5) is 5.82 Å². The van der Waals surface area contributed by atoms with Crippen LogP contribution < -0.4 is 16.4 Å². The predicted molar refractivity (Wildman–Crippen MR) is 187 cm³/mol. The summed E-state index contributed by atoms with van der Waals surface area (Å²) in [5.41, 5.74) is 4.21. The van der Waals surface area contributed by atoms with Crippen LogP contribution in [0.15, 0.2) is 25.3 Å². The zero-order valence-electron chi connectivity index (χ0n) is 29.0. The first-order valence-electron chi connectivity index (χ1n) is 15.6. The number of aliphatic hydroxyl groups excluding tert-OH is 2. The van der Waals surface area contributed by atoms with Crippen LogP contribution in [0.3, 0.4) is 0 Å². The van der Waals surface area contributed by atoms with E-state index >= 15 is 0 Å². The molecule has 3 heterocycles. The number of hydrogen-bond acceptors (Lipinski definition) is 19. The highest BCUT2D eigenvalue weighted by Crippen LogP contribution is 2.61. The molecule has 0 saturated carbocycles. The van der Waals surface area contributed by atoms with E-state index in [1.165, 1.54) is 13.8 Å². The predicted octanol–water partition coefficient (Wildman–Crippen LogP) is -1.19. The second kappa shape index (κ2) is 19.4. The van der Waals surface area contributed by atoms with Gasteiger partial charge in [0.05, 0.1) is 26.0 Å².